The molecule has 2 aromatic rings. The van der Waals surface area contributed by atoms with E-state index in [1.165, 1.54) is 17.1 Å². The van der Waals surface area contributed by atoms with Crippen LogP contribution < -0.4 is 10.2 Å². The van der Waals surface area contributed by atoms with Crippen LogP contribution in [-0.4, -0.2) is 47.6 Å². The summed E-state index contributed by atoms with van der Waals surface area (Å²) in [5.41, 5.74) is 0.746. The van der Waals surface area contributed by atoms with Crippen LogP contribution in [0, 0.1) is 5.82 Å². The Balaban J connectivity index is 1.49. The number of anilines is 2. The summed E-state index contributed by atoms with van der Waals surface area (Å²) in [6.45, 7) is -0.259. The molecule has 1 fully saturated rings. The first-order valence-corrected chi connectivity index (χ1v) is 10.4. The lowest BCUT2D eigenvalue weighted by Crippen LogP contribution is -2.43. The lowest BCUT2D eigenvalue weighted by atomic mass is 10.1. The molecule has 3 amide bonds. The van der Waals surface area contributed by atoms with E-state index in [1.807, 2.05) is 24.5 Å². The van der Waals surface area contributed by atoms with Crippen molar-refractivity contribution in [1.29, 1.82) is 0 Å². The average Bonchev–Trinajstić information content (AvgIpc) is 3.24. The number of imide groups is 1. The second kappa shape index (κ2) is 8.04. The van der Waals surface area contributed by atoms with E-state index in [9.17, 15) is 18.8 Å². The summed E-state index contributed by atoms with van der Waals surface area (Å²) in [7, 11) is 0. The summed E-state index contributed by atoms with van der Waals surface area (Å²) in [6.07, 6.45) is 1.93. The van der Waals surface area contributed by atoms with Gasteiger partial charge in [0.25, 0.3) is 11.8 Å². The molecule has 154 valence electrons. The fourth-order valence-electron chi connectivity index (χ4n) is 3.28. The molecule has 2 atom stereocenters. The number of nitrogens with zero attached hydrogens (tertiary/aromatic N) is 4. The van der Waals surface area contributed by atoms with Crippen molar-refractivity contribution in [2.24, 2.45) is 10.3 Å². The highest BCUT2D eigenvalue weighted by Gasteiger charge is 2.55. The van der Waals surface area contributed by atoms with Gasteiger partial charge in [-0.05, 0) is 42.7 Å². The summed E-state index contributed by atoms with van der Waals surface area (Å²) in [5.74, 6) is -2.28. The molecule has 0 spiro atoms. The number of hydrogen-bond donors (Lipinski definition) is 1. The predicted molar refractivity (Wildman–Crippen MR) is 110 cm³/mol. The minimum atomic E-state index is -1.06. The standard InChI is InChI=1S/C19H15ClFN5O3S/c1-30-12-4-2-3-10(7-12)22-15(27)9-25-17-16(23-24-25)18(28)26(19(17)29)11-5-6-14(21)13(20)8-11/h2-8,16-17H,9H2,1H3,(H,22,27)/t16-,17-/m0/s1. The molecule has 1 N–H and O–H groups in total. The van der Waals surface area contributed by atoms with Crippen LogP contribution in [0.3, 0.4) is 0 Å². The number of hydrogen-bond acceptors (Lipinski definition) is 7. The second-order valence-corrected chi connectivity index (χ2v) is 7.87. The summed E-state index contributed by atoms with van der Waals surface area (Å²) in [4.78, 5) is 39.9. The first-order valence-electron chi connectivity index (χ1n) is 8.83. The topological polar surface area (TPSA) is 94.4 Å². The molecule has 0 bridgehead atoms. The molecular formula is C19H15ClFN5O3S. The average molecular weight is 448 g/mol. The zero-order valence-corrected chi connectivity index (χ0v) is 17.2. The molecule has 2 aromatic carbocycles. The molecule has 1 saturated heterocycles. The van der Waals surface area contributed by atoms with Crippen LogP contribution in [0.5, 0.6) is 0 Å². The van der Waals surface area contributed by atoms with E-state index in [4.69, 9.17) is 11.6 Å². The Hall–Kier alpha value is -2.98. The maximum Gasteiger partial charge on any atom is 0.263 e. The SMILES string of the molecule is CSc1cccc(NC(=O)CN2N=N[C@@H]3C(=O)N(c4ccc(F)c(Cl)c4)C(=O)[C@H]32)c1. The van der Waals surface area contributed by atoms with Gasteiger partial charge in [0.05, 0.1) is 10.7 Å². The number of fused-ring (bicyclic) bond motifs is 1. The molecule has 4 rings (SSSR count). The molecule has 11 heteroatoms. The fourth-order valence-corrected chi connectivity index (χ4v) is 3.92. The van der Waals surface area contributed by atoms with Crippen LogP contribution in [-0.2, 0) is 14.4 Å². The van der Waals surface area contributed by atoms with Crippen molar-refractivity contribution in [3.05, 3.63) is 53.3 Å². The van der Waals surface area contributed by atoms with E-state index in [2.05, 4.69) is 15.7 Å². The summed E-state index contributed by atoms with van der Waals surface area (Å²) in [5, 5.41) is 11.4. The minimum absolute atomic E-state index is 0.138. The van der Waals surface area contributed by atoms with Gasteiger partial charge in [0.15, 0.2) is 12.1 Å². The summed E-state index contributed by atoms with van der Waals surface area (Å²) < 4.78 is 13.4. The zero-order chi connectivity index (χ0) is 21.4. The largest absolute Gasteiger partial charge is 0.324 e. The molecule has 0 aromatic heterocycles. The van der Waals surface area contributed by atoms with Gasteiger partial charge in [-0.3, -0.25) is 19.4 Å². The third kappa shape index (κ3) is 3.63. The highest BCUT2D eigenvalue weighted by Crippen LogP contribution is 2.33. The van der Waals surface area contributed by atoms with Crippen LogP contribution in [0.15, 0.2) is 57.7 Å². The first kappa shape index (κ1) is 20.3. The van der Waals surface area contributed by atoms with Crippen LogP contribution in [0.4, 0.5) is 15.8 Å². The van der Waals surface area contributed by atoms with Crippen LogP contribution in [0.1, 0.15) is 0 Å². The highest BCUT2D eigenvalue weighted by molar-refractivity contribution is 7.98. The molecule has 2 heterocycles. The van der Waals surface area contributed by atoms with E-state index < -0.39 is 35.6 Å². The Kier molecular flexibility index (Phi) is 5.44. The number of amides is 3. The van der Waals surface area contributed by atoms with Crippen molar-refractivity contribution in [2.75, 3.05) is 23.0 Å². The number of nitrogens with one attached hydrogen (secondary N) is 1. The van der Waals surface area contributed by atoms with Gasteiger partial charge >= 0.3 is 0 Å². The third-order valence-corrected chi connectivity index (χ3v) is 5.69. The summed E-state index contributed by atoms with van der Waals surface area (Å²) >= 11 is 7.31. The molecule has 0 saturated carbocycles. The Morgan fingerprint density at radius 3 is 2.77 bits per heavy atom. The van der Waals surface area contributed by atoms with E-state index >= 15 is 0 Å². The number of halogens is 2. The van der Waals surface area contributed by atoms with Gasteiger partial charge in [0.2, 0.25) is 5.91 Å². The Morgan fingerprint density at radius 1 is 1.23 bits per heavy atom. The summed E-state index contributed by atoms with van der Waals surface area (Å²) in [6, 6.07) is 8.75. The number of thioether (sulfide) groups is 1. The van der Waals surface area contributed by atoms with E-state index in [0.29, 0.717) is 5.69 Å². The van der Waals surface area contributed by atoms with Gasteiger partial charge in [-0.25, -0.2) is 9.29 Å². The van der Waals surface area contributed by atoms with E-state index in [1.54, 1.807) is 17.8 Å². The predicted octanol–water partition coefficient (Wildman–Crippen LogP) is 3.13. The fraction of sp³-hybridized carbons (Fsp3) is 0.211. The maximum absolute atomic E-state index is 13.4. The normalized spacial score (nSPS) is 20.1. The number of carbonyl (C=O) groups excluding carboxylic acids is 3. The Morgan fingerprint density at radius 2 is 2.03 bits per heavy atom. The number of carbonyl (C=O) groups is 3. The molecule has 0 unspecified atom stereocenters. The molecule has 8 nitrogen and oxygen atoms in total. The van der Waals surface area contributed by atoms with Crippen LogP contribution in [0.25, 0.3) is 0 Å². The maximum atomic E-state index is 13.4. The number of rotatable bonds is 5. The Bertz CT molecular complexity index is 1080. The van der Waals surface area contributed by atoms with Crippen molar-refractivity contribution < 1.29 is 18.8 Å². The lowest BCUT2D eigenvalue weighted by Gasteiger charge is -2.20. The van der Waals surface area contributed by atoms with Gasteiger partial charge in [0.1, 0.15) is 12.4 Å². The van der Waals surface area contributed by atoms with Crippen LogP contribution in [0.2, 0.25) is 5.02 Å². The molecule has 30 heavy (non-hydrogen) atoms. The minimum Gasteiger partial charge on any atom is -0.324 e. The van der Waals surface area contributed by atoms with Gasteiger partial charge < -0.3 is 5.32 Å². The van der Waals surface area contributed by atoms with Gasteiger partial charge in [-0.15, -0.1) is 11.8 Å². The van der Waals surface area contributed by atoms with Gasteiger partial charge in [-0.1, -0.05) is 22.9 Å². The first-order chi connectivity index (χ1) is 14.4. The van der Waals surface area contributed by atoms with Crippen molar-refractivity contribution in [3.8, 4) is 0 Å². The lowest BCUT2D eigenvalue weighted by molar-refractivity contribution is -0.123. The highest BCUT2D eigenvalue weighted by atomic mass is 35.5. The zero-order valence-electron chi connectivity index (χ0n) is 15.6. The molecule has 0 radical (unpaired) electrons. The monoisotopic (exact) mass is 447 g/mol. The van der Waals surface area contributed by atoms with E-state index in [-0.39, 0.29) is 17.3 Å². The Labute approximate surface area is 180 Å². The molecule has 2 aliphatic heterocycles. The van der Waals surface area contributed by atoms with Crippen molar-refractivity contribution in [3.63, 3.8) is 0 Å². The van der Waals surface area contributed by atoms with Crippen molar-refractivity contribution >= 4 is 52.5 Å². The van der Waals surface area contributed by atoms with Gasteiger partial charge in [-0.2, -0.15) is 5.11 Å². The second-order valence-electron chi connectivity index (χ2n) is 6.58. The number of benzene rings is 2. The quantitative estimate of drug-likeness (QED) is 0.561. The van der Waals surface area contributed by atoms with Crippen molar-refractivity contribution in [1.82, 2.24) is 5.01 Å². The molecular weight excluding hydrogens is 433 g/mol. The molecule has 0 aliphatic carbocycles. The smallest absolute Gasteiger partial charge is 0.263 e. The molecule has 2 aliphatic rings. The van der Waals surface area contributed by atoms with Gasteiger partial charge in [0, 0.05) is 10.6 Å². The van der Waals surface area contributed by atoms with E-state index in [0.717, 1.165) is 15.9 Å². The van der Waals surface area contributed by atoms with Crippen molar-refractivity contribution in [2.45, 2.75) is 17.0 Å². The third-order valence-electron chi connectivity index (χ3n) is 4.68. The van der Waals surface area contributed by atoms with Crippen LogP contribution >= 0.6 is 23.4 Å².